The quantitative estimate of drug-likeness (QED) is 0.550. The Morgan fingerprint density at radius 3 is 2.61 bits per heavy atom. The average molecular weight is 444 g/mol. The molecule has 8 nitrogen and oxygen atoms in total. The Kier molecular flexibility index (Phi) is 6.77. The molecule has 2 aromatic carbocycles. The summed E-state index contributed by atoms with van der Waals surface area (Å²) in [5, 5.41) is 6.62. The van der Waals surface area contributed by atoms with Crippen LogP contribution in [0.5, 0.6) is 5.75 Å². The number of hydrogen-bond donors (Lipinski definition) is 2. The van der Waals surface area contributed by atoms with Gasteiger partial charge in [0.25, 0.3) is 0 Å². The zero-order chi connectivity index (χ0) is 22.6. The lowest BCUT2D eigenvalue weighted by molar-refractivity contribution is -0.114. The molecule has 0 saturated heterocycles. The van der Waals surface area contributed by atoms with Crippen molar-refractivity contribution in [2.75, 3.05) is 12.4 Å². The van der Waals surface area contributed by atoms with Crippen LogP contribution in [0.1, 0.15) is 30.7 Å². The van der Waals surface area contributed by atoms with Crippen molar-refractivity contribution in [3.63, 3.8) is 0 Å². The monoisotopic (exact) mass is 443 g/mol. The van der Waals surface area contributed by atoms with E-state index in [1.807, 2.05) is 19.1 Å². The molecule has 0 bridgehead atoms. The second-order valence-corrected chi connectivity index (χ2v) is 8.72. The molecule has 0 saturated carbocycles. The summed E-state index contributed by atoms with van der Waals surface area (Å²) in [6, 6.07) is 12.3. The summed E-state index contributed by atoms with van der Waals surface area (Å²) in [5.41, 5.74) is 3.09. The summed E-state index contributed by atoms with van der Waals surface area (Å²) in [5.74, 6) is 0.490. The first-order valence-corrected chi connectivity index (χ1v) is 11.2. The molecule has 0 radical (unpaired) electrons. The Balaban J connectivity index is 1.98. The fraction of sp³-hybridized carbons (Fsp3) is 0.273. The molecular formula is C22H25N3O5S. The number of nitrogens with zero attached hydrogens (tertiary/aromatic N) is 1. The Hall–Kier alpha value is -3.17. The summed E-state index contributed by atoms with van der Waals surface area (Å²) >= 11 is 0. The molecule has 164 valence electrons. The molecule has 3 aromatic rings. The highest BCUT2D eigenvalue weighted by molar-refractivity contribution is 7.89. The lowest BCUT2D eigenvalue weighted by atomic mass is 10.0. The van der Waals surface area contributed by atoms with Crippen LogP contribution in [0.3, 0.4) is 0 Å². The van der Waals surface area contributed by atoms with Gasteiger partial charge in [0.1, 0.15) is 5.75 Å². The van der Waals surface area contributed by atoms with Gasteiger partial charge in [-0.1, -0.05) is 42.4 Å². The molecular weight excluding hydrogens is 418 g/mol. The summed E-state index contributed by atoms with van der Waals surface area (Å²) in [7, 11) is -2.29. The van der Waals surface area contributed by atoms with Gasteiger partial charge in [-0.15, -0.1) is 0 Å². The van der Waals surface area contributed by atoms with Gasteiger partial charge in [-0.05, 0) is 36.6 Å². The van der Waals surface area contributed by atoms with Gasteiger partial charge < -0.3 is 9.26 Å². The van der Waals surface area contributed by atoms with Crippen LogP contribution in [-0.4, -0.2) is 26.6 Å². The van der Waals surface area contributed by atoms with Gasteiger partial charge in [0.05, 0.1) is 23.3 Å². The number of ether oxygens (including phenoxy) is 1. The predicted octanol–water partition coefficient (Wildman–Crippen LogP) is 3.66. The number of methoxy groups -OCH3 is 1. The van der Waals surface area contributed by atoms with Gasteiger partial charge in [0.2, 0.25) is 21.8 Å². The maximum atomic E-state index is 13.1. The van der Waals surface area contributed by atoms with Gasteiger partial charge >= 0.3 is 0 Å². The van der Waals surface area contributed by atoms with E-state index >= 15 is 0 Å². The van der Waals surface area contributed by atoms with Gasteiger partial charge in [-0.3, -0.25) is 10.1 Å². The Bertz CT molecular complexity index is 1200. The first-order valence-electron chi connectivity index (χ1n) is 9.75. The van der Waals surface area contributed by atoms with Crippen molar-refractivity contribution < 1.29 is 22.5 Å². The molecule has 9 heteroatoms. The topological polar surface area (TPSA) is 111 Å². The van der Waals surface area contributed by atoms with E-state index in [0.29, 0.717) is 34.6 Å². The van der Waals surface area contributed by atoms with Crippen molar-refractivity contribution in [3.8, 4) is 16.9 Å². The predicted molar refractivity (Wildman–Crippen MR) is 117 cm³/mol. The van der Waals surface area contributed by atoms with Gasteiger partial charge in [-0.2, -0.15) is 0 Å². The summed E-state index contributed by atoms with van der Waals surface area (Å²) < 4.78 is 39.4. The number of carbonyl (C=O) groups excluding carboxylic acids is 1. The zero-order valence-corrected chi connectivity index (χ0v) is 18.7. The minimum absolute atomic E-state index is 0.0840. The summed E-state index contributed by atoms with van der Waals surface area (Å²) in [4.78, 5) is 11.7. The van der Waals surface area contributed by atoms with Crippen molar-refractivity contribution in [1.82, 2.24) is 9.88 Å². The second-order valence-electron chi connectivity index (χ2n) is 6.98. The molecule has 1 aromatic heterocycles. The lowest BCUT2D eigenvalue weighted by Gasteiger charge is -2.13. The number of aromatic nitrogens is 1. The van der Waals surface area contributed by atoms with Crippen LogP contribution in [0.15, 0.2) is 51.9 Å². The highest BCUT2D eigenvalue weighted by atomic mass is 32.2. The molecule has 3 rings (SSSR count). The third-order valence-electron chi connectivity index (χ3n) is 4.80. The number of hydrogen-bond acceptors (Lipinski definition) is 6. The SMILES string of the molecule is CCc1noc(NC(C)=O)c1-c1ccc(C)c(S(=O)(=O)NCc2ccccc2OC)c1. The molecule has 0 aliphatic heterocycles. The number of nitrogens with one attached hydrogen (secondary N) is 2. The molecule has 2 N–H and O–H groups in total. The fourth-order valence-corrected chi connectivity index (χ4v) is 4.53. The summed E-state index contributed by atoms with van der Waals surface area (Å²) in [6.45, 7) is 5.08. The molecule has 0 atom stereocenters. The van der Waals surface area contributed by atoms with Crippen LogP contribution in [0.25, 0.3) is 11.1 Å². The normalized spacial score (nSPS) is 11.4. The Morgan fingerprint density at radius 1 is 1.19 bits per heavy atom. The number of sulfonamides is 1. The number of benzene rings is 2. The number of anilines is 1. The highest BCUT2D eigenvalue weighted by Crippen LogP contribution is 2.34. The van der Waals surface area contributed by atoms with E-state index in [-0.39, 0.29) is 23.2 Å². The smallest absolute Gasteiger partial charge is 0.241 e. The zero-order valence-electron chi connectivity index (χ0n) is 17.9. The minimum Gasteiger partial charge on any atom is -0.496 e. The van der Waals surface area contributed by atoms with Gasteiger partial charge in [-0.25, -0.2) is 13.1 Å². The molecule has 1 heterocycles. The van der Waals surface area contributed by atoms with E-state index < -0.39 is 10.0 Å². The van der Waals surface area contributed by atoms with Crippen molar-refractivity contribution >= 4 is 21.8 Å². The number of para-hydroxylation sites is 1. The van der Waals surface area contributed by atoms with E-state index in [1.54, 1.807) is 37.3 Å². The van der Waals surface area contributed by atoms with E-state index in [0.717, 1.165) is 5.56 Å². The van der Waals surface area contributed by atoms with Crippen LogP contribution >= 0.6 is 0 Å². The molecule has 0 spiro atoms. The highest BCUT2D eigenvalue weighted by Gasteiger charge is 2.22. The lowest BCUT2D eigenvalue weighted by Crippen LogP contribution is -2.24. The average Bonchev–Trinajstić information content (AvgIpc) is 3.14. The molecule has 0 fully saturated rings. The minimum atomic E-state index is -3.83. The Labute approximate surface area is 181 Å². The van der Waals surface area contributed by atoms with E-state index in [4.69, 9.17) is 9.26 Å². The van der Waals surface area contributed by atoms with Crippen LogP contribution in [0.4, 0.5) is 5.88 Å². The molecule has 0 aliphatic carbocycles. The molecule has 1 amide bonds. The van der Waals surface area contributed by atoms with Gasteiger partial charge in [0, 0.05) is 19.0 Å². The first kappa shape index (κ1) is 22.5. The van der Waals surface area contributed by atoms with Crippen LogP contribution in [0.2, 0.25) is 0 Å². The fourth-order valence-electron chi connectivity index (χ4n) is 3.25. The summed E-state index contributed by atoms with van der Waals surface area (Å²) in [6.07, 6.45) is 0.556. The van der Waals surface area contributed by atoms with Crippen molar-refractivity contribution in [1.29, 1.82) is 0 Å². The molecule has 0 unspecified atom stereocenters. The van der Waals surface area contributed by atoms with Crippen molar-refractivity contribution in [2.24, 2.45) is 0 Å². The third kappa shape index (κ3) is 4.95. The molecule has 0 aliphatic rings. The number of carbonyl (C=O) groups is 1. The number of amides is 1. The maximum Gasteiger partial charge on any atom is 0.241 e. The third-order valence-corrected chi connectivity index (χ3v) is 6.34. The maximum absolute atomic E-state index is 13.1. The van der Waals surface area contributed by atoms with Crippen LogP contribution < -0.4 is 14.8 Å². The Morgan fingerprint density at radius 2 is 1.94 bits per heavy atom. The van der Waals surface area contributed by atoms with Crippen molar-refractivity contribution in [2.45, 2.75) is 38.6 Å². The first-order chi connectivity index (χ1) is 14.8. The number of aryl methyl sites for hydroxylation is 2. The number of rotatable bonds is 8. The van der Waals surface area contributed by atoms with E-state index in [9.17, 15) is 13.2 Å². The molecule has 31 heavy (non-hydrogen) atoms. The van der Waals surface area contributed by atoms with Crippen LogP contribution in [-0.2, 0) is 27.8 Å². The van der Waals surface area contributed by atoms with Crippen molar-refractivity contribution in [3.05, 3.63) is 59.3 Å². The van der Waals surface area contributed by atoms with Gasteiger partial charge in [0.15, 0.2) is 0 Å². The van der Waals surface area contributed by atoms with E-state index in [1.165, 1.54) is 14.0 Å². The largest absolute Gasteiger partial charge is 0.496 e. The van der Waals surface area contributed by atoms with Crippen LogP contribution in [0, 0.1) is 6.92 Å². The second kappa shape index (κ2) is 9.32. The standard InChI is InChI=1S/C22H25N3O5S/c1-5-18-21(22(30-25-18)24-15(3)26)16-11-10-14(2)20(12-16)31(27,28)23-13-17-8-6-7-9-19(17)29-4/h6-12,23H,5,13H2,1-4H3,(H,24,26). The van der Waals surface area contributed by atoms with E-state index in [2.05, 4.69) is 15.2 Å².